The molecule has 0 spiro atoms. The van der Waals surface area contributed by atoms with Gasteiger partial charge >= 0.3 is 0 Å². The average Bonchev–Trinajstić information content (AvgIpc) is 3.67. The summed E-state index contributed by atoms with van der Waals surface area (Å²) < 4.78 is 0. The van der Waals surface area contributed by atoms with Crippen LogP contribution in [0, 0.1) is 39.9 Å². The van der Waals surface area contributed by atoms with Gasteiger partial charge in [-0.25, -0.2) is 0 Å². The van der Waals surface area contributed by atoms with Gasteiger partial charge in [0.15, 0.2) is 11.9 Å². The molecule has 252 valence electrons. The van der Waals surface area contributed by atoms with Crippen LogP contribution in [0.1, 0.15) is 119 Å². The summed E-state index contributed by atoms with van der Waals surface area (Å²) in [5.74, 6) is 3.96. The molecule has 0 amide bonds. The highest BCUT2D eigenvalue weighted by atomic mass is 16.3. The molecule has 5 aliphatic rings. The van der Waals surface area contributed by atoms with E-state index >= 15 is 0 Å². The number of likely N-dealkylation sites (tertiary alicyclic amines) is 1. The molecule has 5 rings (SSSR count). The summed E-state index contributed by atoms with van der Waals surface area (Å²) in [5.41, 5.74) is 0.380. The fourth-order valence-corrected chi connectivity index (χ4v) is 9.50. The predicted molar refractivity (Wildman–Crippen MR) is 182 cm³/mol. The lowest BCUT2D eigenvalue weighted by Gasteiger charge is -2.40. The number of hydrogen-bond donors (Lipinski definition) is 4. The number of nitrogens with zero attached hydrogens (tertiary/aromatic N) is 4. The Hall–Kier alpha value is -1.54. The zero-order valence-electron chi connectivity index (χ0n) is 29.2. The third-order valence-electron chi connectivity index (χ3n) is 12.5. The summed E-state index contributed by atoms with van der Waals surface area (Å²) in [7, 11) is 0. The van der Waals surface area contributed by atoms with Gasteiger partial charge in [0.25, 0.3) is 0 Å². The van der Waals surface area contributed by atoms with E-state index in [4.69, 9.17) is 5.41 Å². The van der Waals surface area contributed by atoms with E-state index in [-0.39, 0.29) is 6.04 Å². The van der Waals surface area contributed by atoms with Crippen molar-refractivity contribution in [3.05, 3.63) is 0 Å². The molecule has 3 heterocycles. The summed E-state index contributed by atoms with van der Waals surface area (Å²) in [6.07, 6.45) is 14.9. The Bertz CT molecular complexity index is 949. The Balaban J connectivity index is 1.29. The van der Waals surface area contributed by atoms with Crippen molar-refractivity contribution < 1.29 is 5.11 Å². The first kappa shape index (κ1) is 33.8. The van der Waals surface area contributed by atoms with Crippen LogP contribution in [0.5, 0.6) is 0 Å². The summed E-state index contributed by atoms with van der Waals surface area (Å²) in [4.78, 5) is 9.80. The van der Waals surface area contributed by atoms with E-state index in [1.807, 2.05) is 6.92 Å². The Kier molecular flexibility index (Phi) is 11.1. The Labute approximate surface area is 269 Å². The standard InChI is InChI=1S/C36H67N7O/c1-25(2)32-20-39-34(37)42(32)23-30-13-10-18-40(30)22-31(19-27-11-8-7-9-12-27)41-24-33(26(3)44)43(35(41)38)21-28-14-16-29(17-15-28)36(4,5)6/h25-33,38,44H,7-24H2,1-6H3,(H2,37,39)/t26-,28?,29?,30+,31-,32+,33+/m1/s1. The van der Waals surface area contributed by atoms with Crippen LogP contribution in [0.15, 0.2) is 0 Å². The van der Waals surface area contributed by atoms with Crippen molar-refractivity contribution in [3.8, 4) is 0 Å². The second kappa shape index (κ2) is 14.5. The molecule has 8 heteroatoms. The Morgan fingerprint density at radius 1 is 0.841 bits per heavy atom. The van der Waals surface area contributed by atoms with Crippen molar-refractivity contribution in [2.75, 3.05) is 39.3 Å². The van der Waals surface area contributed by atoms with Gasteiger partial charge in [-0.2, -0.15) is 0 Å². The van der Waals surface area contributed by atoms with Gasteiger partial charge in [0, 0.05) is 44.8 Å². The average molecular weight is 614 g/mol. The van der Waals surface area contributed by atoms with Crippen LogP contribution in [-0.4, -0.2) is 106 Å². The smallest absolute Gasteiger partial charge is 0.194 e. The minimum Gasteiger partial charge on any atom is -0.391 e. The summed E-state index contributed by atoms with van der Waals surface area (Å²) in [6, 6.07) is 1.18. The lowest BCUT2D eigenvalue weighted by molar-refractivity contribution is 0.0854. The van der Waals surface area contributed by atoms with Crippen molar-refractivity contribution in [3.63, 3.8) is 0 Å². The van der Waals surface area contributed by atoms with Gasteiger partial charge < -0.3 is 25.1 Å². The van der Waals surface area contributed by atoms with Gasteiger partial charge in [-0.15, -0.1) is 0 Å². The number of aliphatic hydroxyl groups is 1. The molecule has 3 saturated heterocycles. The van der Waals surface area contributed by atoms with Gasteiger partial charge in [0.1, 0.15) is 0 Å². The van der Waals surface area contributed by atoms with Crippen molar-refractivity contribution in [1.82, 2.24) is 24.9 Å². The normalized spacial score (nSPS) is 32.6. The van der Waals surface area contributed by atoms with Crippen LogP contribution < -0.4 is 5.32 Å². The Morgan fingerprint density at radius 3 is 2.18 bits per heavy atom. The summed E-state index contributed by atoms with van der Waals surface area (Å²) in [5, 5.41) is 32.5. The highest BCUT2D eigenvalue weighted by molar-refractivity contribution is 5.80. The molecule has 0 unspecified atom stereocenters. The first-order valence-corrected chi connectivity index (χ1v) is 18.5. The van der Waals surface area contributed by atoms with E-state index in [2.05, 4.69) is 59.5 Å². The maximum atomic E-state index is 11.0. The van der Waals surface area contributed by atoms with E-state index in [0.717, 1.165) is 51.1 Å². The van der Waals surface area contributed by atoms with Gasteiger partial charge in [-0.05, 0) is 87.5 Å². The zero-order valence-corrected chi connectivity index (χ0v) is 29.2. The number of guanidine groups is 2. The molecule has 2 saturated carbocycles. The van der Waals surface area contributed by atoms with Crippen LogP contribution in [0.3, 0.4) is 0 Å². The van der Waals surface area contributed by atoms with Crippen molar-refractivity contribution in [2.24, 2.45) is 29.1 Å². The highest BCUT2D eigenvalue weighted by Gasteiger charge is 2.44. The second-order valence-electron chi connectivity index (χ2n) is 16.9. The topological polar surface area (TPSA) is 92.9 Å². The monoisotopic (exact) mass is 614 g/mol. The molecule has 0 bridgehead atoms. The largest absolute Gasteiger partial charge is 0.391 e. The maximum Gasteiger partial charge on any atom is 0.194 e. The predicted octanol–water partition coefficient (Wildman–Crippen LogP) is 5.81. The van der Waals surface area contributed by atoms with Crippen LogP contribution in [0.4, 0.5) is 0 Å². The molecule has 4 N–H and O–H groups in total. The molecule has 0 aromatic heterocycles. The van der Waals surface area contributed by atoms with Crippen LogP contribution >= 0.6 is 0 Å². The van der Waals surface area contributed by atoms with E-state index in [9.17, 15) is 10.5 Å². The lowest BCUT2D eigenvalue weighted by Crippen LogP contribution is -2.51. The molecule has 5 atom stereocenters. The quantitative estimate of drug-likeness (QED) is 0.235. The fraction of sp³-hybridized carbons (Fsp3) is 0.944. The number of rotatable bonds is 11. The Morgan fingerprint density at radius 2 is 1.55 bits per heavy atom. The first-order chi connectivity index (χ1) is 20.9. The maximum absolute atomic E-state index is 11.0. The summed E-state index contributed by atoms with van der Waals surface area (Å²) in [6.45, 7) is 19.3. The highest BCUT2D eigenvalue weighted by Crippen LogP contribution is 2.41. The van der Waals surface area contributed by atoms with Crippen LogP contribution in [-0.2, 0) is 0 Å². The fourth-order valence-electron chi connectivity index (χ4n) is 9.50. The SMILES string of the molecule is CC(C)[C@@H]1CNC(=N)N1C[C@@H]1CCCN1C[C@@H](CC1CCCCC1)N1C[C@@H]([C@@H](C)O)N(CC2CCC(C(C)(C)C)CC2)C1=N. The molecule has 2 aliphatic carbocycles. The van der Waals surface area contributed by atoms with Gasteiger partial charge in [0.2, 0.25) is 0 Å². The van der Waals surface area contributed by atoms with Crippen LogP contribution in [0.2, 0.25) is 0 Å². The van der Waals surface area contributed by atoms with Crippen molar-refractivity contribution >= 4 is 11.9 Å². The molecular formula is C36H67N7O. The van der Waals surface area contributed by atoms with E-state index < -0.39 is 6.10 Å². The van der Waals surface area contributed by atoms with Gasteiger partial charge in [-0.1, -0.05) is 66.7 Å². The van der Waals surface area contributed by atoms with E-state index in [1.54, 1.807) is 0 Å². The van der Waals surface area contributed by atoms with Crippen molar-refractivity contribution in [2.45, 2.75) is 149 Å². The molecule has 0 aromatic carbocycles. The molecule has 5 fully saturated rings. The third-order valence-corrected chi connectivity index (χ3v) is 12.5. The molecule has 44 heavy (non-hydrogen) atoms. The molecular weight excluding hydrogens is 546 g/mol. The summed E-state index contributed by atoms with van der Waals surface area (Å²) >= 11 is 0. The van der Waals surface area contributed by atoms with E-state index in [0.29, 0.717) is 47.3 Å². The molecule has 3 aliphatic heterocycles. The number of hydrogen-bond acceptors (Lipinski definition) is 4. The van der Waals surface area contributed by atoms with E-state index in [1.165, 1.54) is 77.0 Å². The molecule has 0 aromatic rings. The number of aliphatic hydroxyl groups excluding tert-OH is 1. The van der Waals surface area contributed by atoms with Crippen LogP contribution in [0.25, 0.3) is 0 Å². The van der Waals surface area contributed by atoms with Crippen molar-refractivity contribution in [1.29, 1.82) is 10.8 Å². The first-order valence-electron chi connectivity index (χ1n) is 18.5. The molecule has 8 nitrogen and oxygen atoms in total. The zero-order chi connectivity index (χ0) is 31.6. The van der Waals surface area contributed by atoms with Gasteiger partial charge in [-0.3, -0.25) is 15.7 Å². The second-order valence-corrected chi connectivity index (χ2v) is 16.9. The van der Waals surface area contributed by atoms with Gasteiger partial charge in [0.05, 0.1) is 18.2 Å². The minimum atomic E-state index is -0.442. The lowest BCUT2D eigenvalue weighted by atomic mass is 9.70. The number of nitrogens with one attached hydrogen (secondary N) is 3. The minimum absolute atomic E-state index is 0.00835. The molecule has 0 radical (unpaired) electrons. The third kappa shape index (κ3) is 7.87.